The van der Waals surface area contributed by atoms with Crippen molar-refractivity contribution in [1.82, 2.24) is 0 Å². The highest BCUT2D eigenvalue weighted by Crippen LogP contribution is 2.32. The molecule has 0 aliphatic carbocycles. The van der Waals surface area contributed by atoms with E-state index in [1.165, 1.54) is 17.4 Å². The Morgan fingerprint density at radius 1 is 1.29 bits per heavy atom. The molecule has 0 spiro atoms. The maximum Gasteiger partial charge on any atom is 0.488 e. The first-order valence-electron chi connectivity index (χ1n) is 3.85. The first kappa shape index (κ1) is 10.2. The number of phenolic OH excluding ortho intramolecular Hbond substituents is 1. The lowest BCUT2D eigenvalue weighted by atomic mass is 9.80. The van der Waals surface area contributed by atoms with Gasteiger partial charge in [-0.15, -0.1) is 11.3 Å². The van der Waals surface area contributed by atoms with Crippen molar-refractivity contribution in [1.29, 1.82) is 0 Å². The minimum absolute atomic E-state index is 0.0958. The maximum absolute atomic E-state index is 9.60. The zero-order valence-electron chi connectivity index (χ0n) is 6.94. The second-order valence-electron chi connectivity index (χ2n) is 2.87. The fourth-order valence-corrected chi connectivity index (χ4v) is 3.07. The first-order valence-corrected chi connectivity index (χ1v) is 5.81. The third kappa shape index (κ3) is 1.62. The van der Waals surface area contributed by atoms with Crippen LogP contribution in [0.25, 0.3) is 10.1 Å². The molecular formula is C8H6BIO3S. The minimum atomic E-state index is -1.54. The van der Waals surface area contributed by atoms with Crippen molar-refractivity contribution in [2.24, 2.45) is 0 Å². The van der Waals surface area contributed by atoms with Gasteiger partial charge in [-0.1, -0.05) is 6.07 Å². The fraction of sp³-hybridized carbons (Fsp3) is 0. The first-order chi connectivity index (χ1) is 6.59. The van der Waals surface area contributed by atoms with E-state index in [2.05, 4.69) is 22.6 Å². The molecule has 2 aromatic rings. The Hall–Kier alpha value is -0.305. The van der Waals surface area contributed by atoms with Gasteiger partial charge in [0.05, 0.1) is 4.70 Å². The van der Waals surface area contributed by atoms with Crippen LogP contribution in [0.2, 0.25) is 0 Å². The van der Waals surface area contributed by atoms with Gasteiger partial charge in [-0.3, -0.25) is 0 Å². The van der Waals surface area contributed by atoms with E-state index in [0.29, 0.717) is 5.46 Å². The summed E-state index contributed by atoms with van der Waals surface area (Å²) in [5.41, 5.74) is 0.311. The summed E-state index contributed by atoms with van der Waals surface area (Å²) >= 11 is 3.59. The van der Waals surface area contributed by atoms with Gasteiger partial charge in [0.2, 0.25) is 0 Å². The van der Waals surface area contributed by atoms with Gasteiger partial charge in [-0.2, -0.15) is 0 Å². The summed E-state index contributed by atoms with van der Waals surface area (Å²) in [6.45, 7) is 0. The number of hydrogen-bond donors (Lipinski definition) is 3. The lowest BCUT2D eigenvalue weighted by Crippen LogP contribution is -2.29. The summed E-state index contributed by atoms with van der Waals surface area (Å²) in [4.78, 5) is 0. The number of fused-ring (bicyclic) bond motifs is 1. The van der Waals surface area contributed by atoms with Gasteiger partial charge in [0.15, 0.2) is 0 Å². The molecule has 14 heavy (non-hydrogen) atoms. The standard InChI is InChI=1S/C8H6BIO3S/c10-6-3-14-8-5(6)1-4(9(12)13)2-7(8)11/h1-3,11-13H. The number of benzene rings is 1. The monoisotopic (exact) mass is 320 g/mol. The Balaban J connectivity index is 2.75. The summed E-state index contributed by atoms with van der Waals surface area (Å²) in [5, 5.41) is 30.3. The van der Waals surface area contributed by atoms with Crippen LogP contribution in [0.1, 0.15) is 0 Å². The number of aromatic hydroxyl groups is 1. The Kier molecular flexibility index (Phi) is 2.69. The lowest BCUT2D eigenvalue weighted by Gasteiger charge is -2.01. The normalized spacial score (nSPS) is 10.8. The van der Waals surface area contributed by atoms with Crippen LogP contribution in [0, 0.1) is 3.57 Å². The van der Waals surface area contributed by atoms with Crippen molar-refractivity contribution in [3.8, 4) is 5.75 Å². The predicted molar refractivity (Wildman–Crippen MR) is 66.0 cm³/mol. The van der Waals surface area contributed by atoms with Gasteiger partial charge in [0.1, 0.15) is 5.75 Å². The van der Waals surface area contributed by atoms with Gasteiger partial charge >= 0.3 is 7.12 Å². The molecule has 0 radical (unpaired) electrons. The Morgan fingerprint density at radius 2 is 2.00 bits per heavy atom. The summed E-state index contributed by atoms with van der Waals surface area (Å²) in [5.74, 6) is 0.0958. The summed E-state index contributed by atoms with van der Waals surface area (Å²) in [6, 6.07) is 3.05. The highest BCUT2D eigenvalue weighted by molar-refractivity contribution is 14.1. The van der Waals surface area contributed by atoms with Crippen molar-refractivity contribution < 1.29 is 15.2 Å². The van der Waals surface area contributed by atoms with Gasteiger partial charge in [0.25, 0.3) is 0 Å². The van der Waals surface area contributed by atoms with E-state index in [4.69, 9.17) is 10.0 Å². The molecule has 0 saturated heterocycles. The van der Waals surface area contributed by atoms with E-state index < -0.39 is 7.12 Å². The molecule has 6 heteroatoms. The van der Waals surface area contributed by atoms with Gasteiger partial charge in [0, 0.05) is 14.3 Å². The van der Waals surface area contributed by atoms with Crippen molar-refractivity contribution >= 4 is 56.6 Å². The smallest absolute Gasteiger partial charge is 0.488 e. The van der Waals surface area contributed by atoms with Crippen LogP contribution in [0.4, 0.5) is 0 Å². The fourth-order valence-electron chi connectivity index (χ4n) is 1.26. The zero-order chi connectivity index (χ0) is 10.3. The minimum Gasteiger partial charge on any atom is -0.506 e. The van der Waals surface area contributed by atoms with Gasteiger partial charge in [-0.25, -0.2) is 0 Å². The molecule has 1 aromatic heterocycles. The van der Waals surface area contributed by atoms with Crippen LogP contribution >= 0.6 is 33.9 Å². The van der Waals surface area contributed by atoms with Crippen LogP contribution in [-0.2, 0) is 0 Å². The zero-order valence-corrected chi connectivity index (χ0v) is 9.91. The highest BCUT2D eigenvalue weighted by Gasteiger charge is 2.15. The van der Waals surface area contributed by atoms with Crippen LogP contribution in [-0.4, -0.2) is 22.3 Å². The predicted octanol–water partition coefficient (Wildman–Crippen LogP) is 0.891. The van der Waals surface area contributed by atoms with Crippen LogP contribution in [0.5, 0.6) is 5.75 Å². The molecule has 0 aliphatic rings. The molecule has 0 atom stereocenters. The van der Waals surface area contributed by atoms with Gasteiger partial charge in [-0.05, 0) is 34.1 Å². The summed E-state index contributed by atoms with van der Waals surface area (Å²) < 4.78 is 1.78. The van der Waals surface area contributed by atoms with Crippen molar-refractivity contribution in [3.05, 3.63) is 21.1 Å². The topological polar surface area (TPSA) is 60.7 Å². The number of hydrogen-bond acceptors (Lipinski definition) is 4. The second-order valence-corrected chi connectivity index (χ2v) is 4.92. The molecule has 72 valence electrons. The quantitative estimate of drug-likeness (QED) is 0.540. The Morgan fingerprint density at radius 3 is 2.64 bits per heavy atom. The molecule has 1 heterocycles. The van der Waals surface area contributed by atoms with Gasteiger partial charge < -0.3 is 15.2 Å². The lowest BCUT2D eigenvalue weighted by molar-refractivity contribution is 0.425. The molecule has 3 nitrogen and oxygen atoms in total. The summed E-state index contributed by atoms with van der Waals surface area (Å²) in [7, 11) is -1.54. The highest BCUT2D eigenvalue weighted by atomic mass is 127. The number of thiophene rings is 1. The molecule has 0 bridgehead atoms. The van der Waals surface area contributed by atoms with E-state index in [1.54, 1.807) is 6.07 Å². The molecular weight excluding hydrogens is 314 g/mol. The molecule has 0 unspecified atom stereocenters. The molecule has 0 aliphatic heterocycles. The van der Waals surface area contributed by atoms with E-state index in [0.717, 1.165) is 13.7 Å². The van der Waals surface area contributed by atoms with Crippen molar-refractivity contribution in [2.75, 3.05) is 0 Å². The second kappa shape index (κ2) is 3.69. The van der Waals surface area contributed by atoms with Crippen LogP contribution in [0.3, 0.4) is 0 Å². The van der Waals surface area contributed by atoms with Crippen molar-refractivity contribution in [3.63, 3.8) is 0 Å². The molecule has 0 saturated carbocycles. The number of phenols is 1. The average molecular weight is 320 g/mol. The summed E-state index contributed by atoms with van der Waals surface area (Å²) in [6.07, 6.45) is 0. The van der Waals surface area contributed by atoms with E-state index in [-0.39, 0.29) is 5.75 Å². The van der Waals surface area contributed by atoms with Crippen LogP contribution in [0.15, 0.2) is 17.5 Å². The average Bonchev–Trinajstić information content (AvgIpc) is 2.48. The Labute approximate surface area is 98.3 Å². The largest absolute Gasteiger partial charge is 0.506 e. The third-order valence-corrected chi connectivity index (χ3v) is 4.26. The van der Waals surface area contributed by atoms with Crippen LogP contribution < -0.4 is 5.46 Å². The SMILES string of the molecule is OB(O)c1cc(O)c2scc(I)c2c1. The number of halogens is 1. The molecule has 2 rings (SSSR count). The van der Waals surface area contributed by atoms with E-state index in [9.17, 15) is 5.11 Å². The maximum atomic E-state index is 9.60. The molecule has 0 fully saturated rings. The van der Waals surface area contributed by atoms with E-state index in [1.807, 2.05) is 5.38 Å². The molecule has 0 amide bonds. The molecule has 1 aromatic carbocycles. The van der Waals surface area contributed by atoms with Crippen molar-refractivity contribution in [2.45, 2.75) is 0 Å². The Bertz CT molecular complexity index is 483. The number of rotatable bonds is 1. The van der Waals surface area contributed by atoms with E-state index >= 15 is 0 Å². The molecule has 3 N–H and O–H groups in total. The third-order valence-electron chi connectivity index (χ3n) is 1.93.